The second-order valence-electron chi connectivity index (χ2n) is 7.57. The van der Waals surface area contributed by atoms with Gasteiger partial charge in [0.05, 0.1) is 0 Å². The van der Waals surface area contributed by atoms with Crippen molar-refractivity contribution in [1.82, 2.24) is 10.2 Å². The number of hydrogen-bond acceptors (Lipinski definition) is 2. The van der Waals surface area contributed by atoms with Crippen LogP contribution in [0.25, 0.3) is 0 Å². The molecule has 0 aromatic rings. The molecule has 3 unspecified atom stereocenters. The lowest BCUT2D eigenvalue weighted by Crippen LogP contribution is -2.50. The first-order valence-corrected chi connectivity index (χ1v) is 8.51. The predicted molar refractivity (Wildman–Crippen MR) is 83.5 cm³/mol. The van der Waals surface area contributed by atoms with Crippen molar-refractivity contribution in [3.05, 3.63) is 0 Å². The van der Waals surface area contributed by atoms with Crippen LogP contribution in [0.2, 0.25) is 0 Å². The molecule has 0 amide bonds. The van der Waals surface area contributed by atoms with Gasteiger partial charge in [-0.3, -0.25) is 4.90 Å². The number of nitrogens with zero attached hydrogens (tertiary/aromatic N) is 1. The summed E-state index contributed by atoms with van der Waals surface area (Å²) in [6.45, 7) is 13.1. The molecule has 1 aliphatic carbocycles. The molecule has 19 heavy (non-hydrogen) atoms. The van der Waals surface area contributed by atoms with Gasteiger partial charge in [0.25, 0.3) is 0 Å². The Morgan fingerprint density at radius 2 is 1.95 bits per heavy atom. The minimum Gasteiger partial charge on any atom is -0.314 e. The van der Waals surface area contributed by atoms with Crippen LogP contribution in [0.3, 0.4) is 0 Å². The topological polar surface area (TPSA) is 15.3 Å². The van der Waals surface area contributed by atoms with Crippen molar-refractivity contribution in [2.45, 2.75) is 78.3 Å². The van der Waals surface area contributed by atoms with Gasteiger partial charge in [-0.05, 0) is 50.0 Å². The highest BCUT2D eigenvalue weighted by Crippen LogP contribution is 2.38. The molecule has 2 nitrogen and oxygen atoms in total. The van der Waals surface area contributed by atoms with Crippen LogP contribution >= 0.6 is 0 Å². The summed E-state index contributed by atoms with van der Waals surface area (Å²) in [5.74, 6) is 1.02. The Morgan fingerprint density at radius 3 is 2.63 bits per heavy atom. The highest BCUT2D eigenvalue weighted by molar-refractivity contribution is 4.92. The zero-order chi connectivity index (χ0) is 13.9. The van der Waals surface area contributed by atoms with Gasteiger partial charge in [0.2, 0.25) is 0 Å². The third kappa shape index (κ3) is 3.95. The lowest BCUT2D eigenvalue weighted by Gasteiger charge is -2.43. The molecule has 2 fully saturated rings. The third-order valence-corrected chi connectivity index (χ3v) is 5.48. The van der Waals surface area contributed by atoms with Crippen molar-refractivity contribution in [1.29, 1.82) is 0 Å². The van der Waals surface area contributed by atoms with Crippen LogP contribution < -0.4 is 5.32 Å². The molecule has 1 heterocycles. The van der Waals surface area contributed by atoms with Gasteiger partial charge in [-0.25, -0.2) is 0 Å². The quantitative estimate of drug-likeness (QED) is 0.789. The highest BCUT2D eigenvalue weighted by Gasteiger charge is 2.37. The minimum atomic E-state index is 0.439. The Hall–Kier alpha value is -0.0800. The number of likely N-dealkylation sites (tertiary alicyclic amines) is 1. The lowest BCUT2D eigenvalue weighted by molar-refractivity contribution is 0.0622. The van der Waals surface area contributed by atoms with Gasteiger partial charge < -0.3 is 5.32 Å². The number of hydrogen-bond donors (Lipinski definition) is 1. The van der Waals surface area contributed by atoms with Crippen LogP contribution in [0, 0.1) is 11.3 Å². The van der Waals surface area contributed by atoms with Crippen LogP contribution in [0.1, 0.15) is 66.2 Å². The molecule has 2 aliphatic rings. The van der Waals surface area contributed by atoms with E-state index in [4.69, 9.17) is 0 Å². The molecule has 1 aliphatic heterocycles. The largest absolute Gasteiger partial charge is 0.314 e. The average Bonchev–Trinajstić information content (AvgIpc) is 2.86. The SMILES string of the molecule is CCC(C)(CNC(C)C)CN1CCCC2CCCC21. The van der Waals surface area contributed by atoms with Crippen LogP contribution in [0.15, 0.2) is 0 Å². The van der Waals surface area contributed by atoms with Crippen molar-refractivity contribution in [3.8, 4) is 0 Å². The summed E-state index contributed by atoms with van der Waals surface area (Å²) in [6, 6.07) is 1.52. The van der Waals surface area contributed by atoms with Gasteiger partial charge in [0, 0.05) is 25.2 Å². The van der Waals surface area contributed by atoms with Gasteiger partial charge in [0.15, 0.2) is 0 Å². The summed E-state index contributed by atoms with van der Waals surface area (Å²) < 4.78 is 0. The van der Waals surface area contributed by atoms with E-state index in [1.54, 1.807) is 0 Å². The first-order chi connectivity index (χ1) is 9.04. The van der Waals surface area contributed by atoms with Gasteiger partial charge in [-0.15, -0.1) is 0 Å². The minimum absolute atomic E-state index is 0.439. The molecule has 0 aromatic heterocycles. The molecule has 112 valence electrons. The van der Waals surface area contributed by atoms with Crippen LogP contribution in [-0.2, 0) is 0 Å². The summed E-state index contributed by atoms with van der Waals surface area (Å²) in [5, 5.41) is 3.66. The number of piperidine rings is 1. The fourth-order valence-corrected chi connectivity index (χ4v) is 3.99. The smallest absolute Gasteiger partial charge is 0.0124 e. The predicted octanol–water partition coefficient (Wildman–Crippen LogP) is 3.67. The fourth-order valence-electron chi connectivity index (χ4n) is 3.99. The lowest BCUT2D eigenvalue weighted by atomic mass is 9.83. The summed E-state index contributed by atoms with van der Waals surface area (Å²) in [6.07, 6.45) is 8.63. The van der Waals surface area contributed by atoms with Crippen molar-refractivity contribution in [2.24, 2.45) is 11.3 Å². The molecular formula is C17H34N2. The highest BCUT2D eigenvalue weighted by atomic mass is 15.2. The molecule has 0 spiro atoms. The van der Waals surface area contributed by atoms with E-state index in [0.29, 0.717) is 11.5 Å². The van der Waals surface area contributed by atoms with E-state index in [1.807, 2.05) is 0 Å². The van der Waals surface area contributed by atoms with Crippen molar-refractivity contribution < 1.29 is 0 Å². The standard InChI is InChI=1S/C17H34N2/c1-5-17(4,12-18-14(2)3)13-19-11-7-9-15-8-6-10-16(15)19/h14-16,18H,5-13H2,1-4H3. The maximum atomic E-state index is 3.66. The van der Waals surface area contributed by atoms with Crippen molar-refractivity contribution in [2.75, 3.05) is 19.6 Å². The van der Waals surface area contributed by atoms with E-state index in [-0.39, 0.29) is 0 Å². The van der Waals surface area contributed by atoms with Gasteiger partial charge in [0.1, 0.15) is 0 Å². The summed E-state index contributed by atoms with van der Waals surface area (Å²) in [7, 11) is 0. The fraction of sp³-hybridized carbons (Fsp3) is 1.00. The normalized spacial score (nSPS) is 31.4. The third-order valence-electron chi connectivity index (χ3n) is 5.48. The Morgan fingerprint density at radius 1 is 1.21 bits per heavy atom. The van der Waals surface area contributed by atoms with Crippen LogP contribution in [0.4, 0.5) is 0 Å². The Kier molecular flexibility index (Phi) is 5.30. The average molecular weight is 266 g/mol. The zero-order valence-electron chi connectivity index (χ0n) is 13.5. The molecule has 0 aromatic carbocycles. The van der Waals surface area contributed by atoms with E-state index >= 15 is 0 Å². The molecule has 1 saturated carbocycles. The molecule has 1 N–H and O–H groups in total. The van der Waals surface area contributed by atoms with E-state index in [9.17, 15) is 0 Å². The van der Waals surface area contributed by atoms with E-state index in [0.717, 1.165) is 18.5 Å². The molecule has 1 saturated heterocycles. The van der Waals surface area contributed by atoms with E-state index in [2.05, 4.69) is 37.9 Å². The summed E-state index contributed by atoms with van der Waals surface area (Å²) >= 11 is 0. The second-order valence-corrected chi connectivity index (χ2v) is 7.57. The molecule has 0 radical (unpaired) electrons. The number of fused-ring (bicyclic) bond motifs is 1. The molecule has 2 heteroatoms. The van der Waals surface area contributed by atoms with Crippen molar-refractivity contribution >= 4 is 0 Å². The zero-order valence-corrected chi connectivity index (χ0v) is 13.5. The van der Waals surface area contributed by atoms with Crippen LogP contribution in [-0.4, -0.2) is 36.6 Å². The second kappa shape index (κ2) is 6.58. The van der Waals surface area contributed by atoms with Gasteiger partial charge >= 0.3 is 0 Å². The number of nitrogens with one attached hydrogen (secondary N) is 1. The molecule has 2 rings (SSSR count). The van der Waals surface area contributed by atoms with Crippen molar-refractivity contribution in [3.63, 3.8) is 0 Å². The summed E-state index contributed by atoms with van der Waals surface area (Å²) in [4.78, 5) is 2.84. The summed E-state index contributed by atoms with van der Waals surface area (Å²) in [5.41, 5.74) is 0.439. The first-order valence-electron chi connectivity index (χ1n) is 8.51. The van der Waals surface area contributed by atoms with Gasteiger partial charge in [-0.1, -0.05) is 34.1 Å². The maximum absolute atomic E-state index is 3.66. The first kappa shape index (κ1) is 15.3. The monoisotopic (exact) mass is 266 g/mol. The van der Waals surface area contributed by atoms with E-state index in [1.165, 1.54) is 51.6 Å². The van der Waals surface area contributed by atoms with E-state index < -0.39 is 0 Å². The molecule has 3 atom stereocenters. The molecule has 0 bridgehead atoms. The Bertz CT molecular complexity index is 276. The Labute approximate surface area is 120 Å². The van der Waals surface area contributed by atoms with Crippen LogP contribution in [0.5, 0.6) is 0 Å². The Balaban J connectivity index is 1.92. The number of rotatable bonds is 6. The molecular weight excluding hydrogens is 232 g/mol. The van der Waals surface area contributed by atoms with Gasteiger partial charge in [-0.2, -0.15) is 0 Å². The maximum Gasteiger partial charge on any atom is 0.0124 e.